The number of carbonyl (C=O) groups excluding carboxylic acids is 3. The minimum atomic E-state index is -1.14. The Bertz CT molecular complexity index is 1580. The normalized spacial score (nSPS) is 24.5. The molecule has 0 bridgehead atoms. The first-order valence-corrected chi connectivity index (χ1v) is 14.8. The smallest absolute Gasteiger partial charge is 0.255 e. The van der Waals surface area contributed by atoms with Crippen molar-refractivity contribution in [1.82, 2.24) is 9.80 Å². The Labute approximate surface area is 250 Å². The van der Waals surface area contributed by atoms with Gasteiger partial charge in [0, 0.05) is 70.1 Å². The van der Waals surface area contributed by atoms with Crippen LogP contribution in [0.2, 0.25) is 0 Å². The molecule has 5 N–H and O–H groups in total. The molecule has 2 aromatic carbocycles. The van der Waals surface area contributed by atoms with Crippen LogP contribution in [0.1, 0.15) is 34.3 Å². The highest BCUT2D eigenvalue weighted by atomic mass is 16.3. The Morgan fingerprint density at radius 1 is 1.02 bits per heavy atom. The number of carbonyl (C=O) groups is 3. The summed E-state index contributed by atoms with van der Waals surface area (Å²) in [6.45, 7) is 4.94. The van der Waals surface area contributed by atoms with E-state index in [-0.39, 0.29) is 29.1 Å². The van der Waals surface area contributed by atoms with E-state index < -0.39 is 46.6 Å². The summed E-state index contributed by atoms with van der Waals surface area (Å²) >= 11 is 0. The number of rotatable bonds is 5. The van der Waals surface area contributed by atoms with Gasteiger partial charge >= 0.3 is 0 Å². The number of anilines is 1. The third kappa shape index (κ3) is 4.88. The number of likely N-dealkylation sites (N-methyl/N-ethyl adjacent to an activating group) is 1. The molecule has 226 valence electrons. The summed E-state index contributed by atoms with van der Waals surface area (Å²) in [5.74, 6) is -5.30. The summed E-state index contributed by atoms with van der Waals surface area (Å²) in [5, 5.41) is 33.4. The molecule has 3 aliphatic carbocycles. The number of hydrogen-bond acceptors (Lipinski definition) is 9. The lowest BCUT2D eigenvalue weighted by molar-refractivity contribution is -0.126. The van der Waals surface area contributed by atoms with Crippen LogP contribution in [0, 0.1) is 17.8 Å². The second-order valence-electron chi connectivity index (χ2n) is 12.6. The lowest BCUT2D eigenvalue weighted by Gasteiger charge is -2.41. The van der Waals surface area contributed by atoms with E-state index in [0.717, 1.165) is 49.5 Å². The average Bonchev–Trinajstić information content (AvgIpc) is 2.94. The number of aliphatic hydroxyl groups is 2. The van der Waals surface area contributed by atoms with Crippen LogP contribution in [0.15, 0.2) is 53.0 Å². The molecule has 1 saturated heterocycles. The molecule has 6 rings (SSSR count). The Hall–Kier alpha value is -4.15. The van der Waals surface area contributed by atoms with Crippen LogP contribution in [0.3, 0.4) is 0 Å². The molecule has 3 atom stereocenters. The Kier molecular flexibility index (Phi) is 7.30. The van der Waals surface area contributed by atoms with E-state index in [0.29, 0.717) is 24.0 Å². The van der Waals surface area contributed by atoms with Gasteiger partial charge in [0.1, 0.15) is 22.8 Å². The number of primary amides is 1. The highest BCUT2D eigenvalue weighted by molar-refractivity contribution is 6.22. The van der Waals surface area contributed by atoms with Crippen LogP contribution in [0.5, 0.6) is 5.75 Å². The first kappa shape index (κ1) is 28.9. The van der Waals surface area contributed by atoms with E-state index in [9.17, 15) is 29.7 Å². The van der Waals surface area contributed by atoms with Crippen molar-refractivity contribution >= 4 is 23.2 Å². The molecule has 0 aromatic heterocycles. The number of piperazine rings is 1. The van der Waals surface area contributed by atoms with Crippen molar-refractivity contribution in [3.8, 4) is 16.9 Å². The summed E-state index contributed by atoms with van der Waals surface area (Å²) in [6, 6.07) is 9.89. The van der Waals surface area contributed by atoms with Crippen molar-refractivity contribution in [2.45, 2.75) is 25.8 Å². The fraction of sp³-hybridized carbons (Fsp3) is 0.424. The van der Waals surface area contributed by atoms with Crippen LogP contribution >= 0.6 is 0 Å². The van der Waals surface area contributed by atoms with Gasteiger partial charge in [-0.3, -0.25) is 19.3 Å². The predicted molar refractivity (Wildman–Crippen MR) is 162 cm³/mol. The fourth-order valence-corrected chi connectivity index (χ4v) is 7.36. The van der Waals surface area contributed by atoms with E-state index in [2.05, 4.69) is 16.8 Å². The zero-order valence-electron chi connectivity index (χ0n) is 24.8. The monoisotopic (exact) mass is 586 g/mol. The van der Waals surface area contributed by atoms with Crippen molar-refractivity contribution in [3.63, 3.8) is 0 Å². The number of Topliss-reactive ketones (excluding diaryl/α,β-unsaturated/α-hetero) is 2. The molecular weight excluding hydrogens is 548 g/mol. The molecule has 0 radical (unpaired) electrons. The number of aliphatic hydroxyl groups excluding tert-OH is 2. The molecule has 1 aliphatic heterocycles. The molecule has 43 heavy (non-hydrogen) atoms. The van der Waals surface area contributed by atoms with Crippen LogP contribution in [0.25, 0.3) is 11.1 Å². The van der Waals surface area contributed by atoms with Crippen molar-refractivity contribution in [2.75, 3.05) is 52.2 Å². The summed E-state index contributed by atoms with van der Waals surface area (Å²) in [6.07, 6.45) is 0.747. The summed E-state index contributed by atoms with van der Waals surface area (Å²) < 4.78 is 0. The first-order chi connectivity index (χ1) is 20.5. The molecule has 2 aromatic rings. The molecule has 1 heterocycles. The molecule has 4 aliphatic rings. The maximum absolute atomic E-state index is 14.1. The minimum absolute atomic E-state index is 0.0130. The van der Waals surface area contributed by atoms with Gasteiger partial charge < -0.3 is 30.9 Å². The highest BCUT2D eigenvalue weighted by Crippen LogP contribution is 2.52. The van der Waals surface area contributed by atoms with Crippen LogP contribution in [-0.2, 0) is 22.6 Å². The van der Waals surface area contributed by atoms with E-state index in [4.69, 9.17) is 5.73 Å². The Balaban J connectivity index is 1.38. The number of ketones is 2. The Morgan fingerprint density at radius 3 is 2.33 bits per heavy atom. The zero-order valence-corrected chi connectivity index (χ0v) is 24.8. The van der Waals surface area contributed by atoms with E-state index in [1.54, 1.807) is 0 Å². The molecule has 10 heteroatoms. The van der Waals surface area contributed by atoms with Crippen LogP contribution in [0.4, 0.5) is 5.69 Å². The van der Waals surface area contributed by atoms with Crippen molar-refractivity contribution in [1.29, 1.82) is 0 Å². The number of hydrogen-bond donors (Lipinski definition) is 4. The second kappa shape index (κ2) is 10.8. The number of phenols is 1. The second-order valence-corrected chi connectivity index (χ2v) is 12.6. The van der Waals surface area contributed by atoms with Gasteiger partial charge in [0.2, 0.25) is 0 Å². The molecule has 0 saturated carbocycles. The standard InChI is InChI=1S/C33H38N4O6/c1-35(2)23-15-21(18-6-4-17(5-7-18)16-37-10-8-36(3)9-11-37)29(39)27-22(23)13-19-12-20-14-24(38)28(33(34)43)32(42)26(20)30(40)25(19)31(27)41/h4-7,15,19-20,26,38-40H,8-14,16H2,1-3H3,(H2,34,43). The van der Waals surface area contributed by atoms with Gasteiger partial charge in [-0.25, -0.2) is 0 Å². The minimum Gasteiger partial charge on any atom is -0.511 e. The third-order valence-electron chi connectivity index (χ3n) is 9.61. The number of nitrogens with two attached hydrogens (primary N) is 1. The van der Waals surface area contributed by atoms with E-state index in [1.165, 1.54) is 0 Å². The number of nitrogens with zero attached hydrogens (tertiary/aromatic N) is 3. The van der Waals surface area contributed by atoms with Gasteiger partial charge in [0.25, 0.3) is 5.91 Å². The van der Waals surface area contributed by atoms with Crippen molar-refractivity contribution in [3.05, 3.63) is 69.7 Å². The van der Waals surface area contributed by atoms with E-state index in [1.807, 2.05) is 49.3 Å². The number of phenolic OH excluding ortho intramolecular Hbond substituents is 1. The lowest BCUT2D eigenvalue weighted by atomic mass is 9.62. The van der Waals surface area contributed by atoms with Gasteiger partial charge in [-0.1, -0.05) is 24.3 Å². The quantitative estimate of drug-likeness (QED) is 0.388. The molecule has 3 unspecified atom stereocenters. The number of allylic oxidation sites excluding steroid dienone is 3. The molecule has 1 amide bonds. The number of fused-ring (bicyclic) bond motifs is 3. The van der Waals surface area contributed by atoms with Crippen molar-refractivity contribution in [2.24, 2.45) is 23.5 Å². The summed E-state index contributed by atoms with van der Waals surface area (Å²) in [7, 11) is 5.90. The van der Waals surface area contributed by atoms with Crippen LogP contribution in [-0.4, -0.2) is 89.9 Å². The molecular formula is C33H38N4O6. The predicted octanol–water partition coefficient (Wildman–Crippen LogP) is 2.95. The summed E-state index contributed by atoms with van der Waals surface area (Å²) in [4.78, 5) is 45.9. The number of benzene rings is 2. The maximum Gasteiger partial charge on any atom is 0.255 e. The largest absolute Gasteiger partial charge is 0.511 e. The lowest BCUT2D eigenvalue weighted by Crippen LogP contribution is -2.43. The van der Waals surface area contributed by atoms with Gasteiger partial charge in [-0.2, -0.15) is 0 Å². The van der Waals surface area contributed by atoms with Crippen molar-refractivity contribution < 1.29 is 29.7 Å². The maximum atomic E-state index is 14.1. The van der Waals surface area contributed by atoms with Crippen LogP contribution < -0.4 is 10.6 Å². The van der Waals surface area contributed by atoms with Gasteiger partial charge in [-0.05, 0) is 54.5 Å². The number of aromatic hydroxyl groups is 1. The Morgan fingerprint density at radius 2 is 1.70 bits per heavy atom. The number of amides is 1. The molecule has 10 nitrogen and oxygen atoms in total. The van der Waals surface area contributed by atoms with Gasteiger partial charge in [-0.15, -0.1) is 0 Å². The summed E-state index contributed by atoms with van der Waals surface area (Å²) in [5.41, 5.74) is 8.94. The molecule has 1 fully saturated rings. The molecule has 0 spiro atoms. The van der Waals surface area contributed by atoms with E-state index >= 15 is 0 Å². The average molecular weight is 587 g/mol. The first-order valence-electron chi connectivity index (χ1n) is 14.8. The zero-order chi connectivity index (χ0) is 30.7. The van der Waals surface area contributed by atoms with Gasteiger partial charge in [0.15, 0.2) is 11.6 Å². The highest BCUT2D eigenvalue weighted by Gasteiger charge is 2.50. The topological polar surface area (TPSA) is 148 Å². The SMILES string of the molecule is CN1CCN(Cc2ccc(-c3cc(N(C)C)c4c(c3O)C(=O)C3=C(O)C5C(=O)C(C(N)=O)=C(O)CC5CC3C4)cc2)CC1. The van der Waals surface area contributed by atoms with Gasteiger partial charge in [0.05, 0.1) is 11.5 Å². The third-order valence-corrected chi connectivity index (χ3v) is 9.61. The fourth-order valence-electron chi connectivity index (χ4n) is 7.36.